The molecule has 0 bridgehead atoms. The number of hydrogen-bond acceptors (Lipinski definition) is 0. The molecule has 12 heavy (non-hydrogen) atoms. The SMILES string of the molecule is CC(C)C1C=C[N+](C)=CC[C@H]1C. The highest BCUT2D eigenvalue weighted by atomic mass is 14.9. The molecular formula is C11H20N+. The van der Waals surface area contributed by atoms with Crippen molar-refractivity contribution >= 4 is 6.21 Å². The molecule has 0 fully saturated rings. The van der Waals surface area contributed by atoms with Crippen LogP contribution >= 0.6 is 0 Å². The Morgan fingerprint density at radius 3 is 2.67 bits per heavy atom. The summed E-state index contributed by atoms with van der Waals surface area (Å²) in [7, 11) is 2.10. The van der Waals surface area contributed by atoms with Gasteiger partial charge in [-0.2, -0.15) is 0 Å². The van der Waals surface area contributed by atoms with Crippen molar-refractivity contribution in [1.82, 2.24) is 0 Å². The molecule has 1 unspecified atom stereocenters. The standard InChI is InChI=1S/C11H20N/c1-9(2)11-6-8-12(4)7-5-10(11)3/h6-11H,5H2,1-4H3/q+1/t10-,11?/m1/s1. The van der Waals surface area contributed by atoms with E-state index in [1.165, 1.54) is 6.42 Å². The molecule has 0 aliphatic carbocycles. The van der Waals surface area contributed by atoms with Crippen molar-refractivity contribution in [2.45, 2.75) is 27.2 Å². The summed E-state index contributed by atoms with van der Waals surface area (Å²) in [5.41, 5.74) is 0. The molecule has 0 aromatic heterocycles. The molecule has 0 aromatic carbocycles. The Hall–Kier alpha value is -0.590. The van der Waals surface area contributed by atoms with Gasteiger partial charge in [0.2, 0.25) is 0 Å². The van der Waals surface area contributed by atoms with E-state index in [4.69, 9.17) is 0 Å². The van der Waals surface area contributed by atoms with Crippen LogP contribution in [0.5, 0.6) is 0 Å². The molecule has 0 aromatic rings. The largest absolute Gasteiger partial charge is 0.212 e. The van der Waals surface area contributed by atoms with Gasteiger partial charge in [-0.25, -0.2) is 4.58 Å². The van der Waals surface area contributed by atoms with Crippen molar-refractivity contribution in [2.75, 3.05) is 7.05 Å². The van der Waals surface area contributed by atoms with Crippen molar-refractivity contribution in [3.05, 3.63) is 12.3 Å². The predicted molar refractivity (Wildman–Crippen MR) is 53.5 cm³/mol. The maximum absolute atomic E-state index is 2.35. The van der Waals surface area contributed by atoms with Crippen LogP contribution in [0.3, 0.4) is 0 Å². The molecule has 1 aliphatic heterocycles. The fourth-order valence-corrected chi connectivity index (χ4v) is 1.85. The highest BCUT2D eigenvalue weighted by molar-refractivity contribution is 5.52. The number of hydrogen-bond donors (Lipinski definition) is 0. The summed E-state index contributed by atoms with van der Waals surface area (Å²) in [4.78, 5) is 0. The van der Waals surface area contributed by atoms with E-state index in [1.54, 1.807) is 0 Å². The van der Waals surface area contributed by atoms with Crippen LogP contribution in [0.2, 0.25) is 0 Å². The van der Waals surface area contributed by atoms with E-state index >= 15 is 0 Å². The number of allylic oxidation sites excluding steroid dienone is 1. The van der Waals surface area contributed by atoms with Crippen molar-refractivity contribution in [2.24, 2.45) is 17.8 Å². The molecule has 0 amide bonds. The maximum Gasteiger partial charge on any atom is 0.164 e. The Balaban J connectivity index is 2.72. The minimum atomic E-state index is 0.742. The Kier molecular flexibility index (Phi) is 3.07. The molecule has 1 aliphatic rings. The van der Waals surface area contributed by atoms with Gasteiger partial charge in [-0.15, -0.1) is 0 Å². The van der Waals surface area contributed by atoms with Gasteiger partial charge < -0.3 is 0 Å². The first kappa shape index (κ1) is 9.50. The van der Waals surface area contributed by atoms with E-state index in [0.29, 0.717) is 0 Å². The van der Waals surface area contributed by atoms with Crippen LogP contribution in [-0.4, -0.2) is 17.8 Å². The fourth-order valence-electron chi connectivity index (χ4n) is 1.85. The molecule has 0 N–H and O–H groups in total. The molecule has 1 rings (SSSR count). The zero-order valence-electron chi connectivity index (χ0n) is 8.62. The van der Waals surface area contributed by atoms with Gasteiger partial charge in [-0.1, -0.05) is 20.8 Å². The molecule has 1 heterocycles. The summed E-state index contributed by atoms with van der Waals surface area (Å²) in [5.74, 6) is 2.29. The molecular weight excluding hydrogens is 146 g/mol. The van der Waals surface area contributed by atoms with Gasteiger partial charge in [-0.3, -0.25) is 0 Å². The highest BCUT2D eigenvalue weighted by Gasteiger charge is 2.20. The predicted octanol–water partition coefficient (Wildman–Crippen LogP) is 2.53. The Labute approximate surface area is 75.8 Å². The van der Waals surface area contributed by atoms with E-state index in [2.05, 4.69) is 50.9 Å². The second-order valence-corrected chi connectivity index (χ2v) is 4.22. The first-order chi connectivity index (χ1) is 5.61. The first-order valence-corrected chi connectivity index (χ1v) is 4.85. The second kappa shape index (κ2) is 3.88. The molecule has 1 heteroatoms. The van der Waals surface area contributed by atoms with Gasteiger partial charge in [0.25, 0.3) is 0 Å². The lowest BCUT2D eigenvalue weighted by atomic mass is 9.83. The topological polar surface area (TPSA) is 3.01 Å². The van der Waals surface area contributed by atoms with Crippen molar-refractivity contribution < 1.29 is 4.58 Å². The van der Waals surface area contributed by atoms with E-state index in [9.17, 15) is 0 Å². The van der Waals surface area contributed by atoms with E-state index < -0.39 is 0 Å². The third kappa shape index (κ3) is 2.20. The van der Waals surface area contributed by atoms with Gasteiger partial charge in [0.05, 0.1) is 0 Å². The van der Waals surface area contributed by atoms with Crippen LogP contribution in [-0.2, 0) is 0 Å². The monoisotopic (exact) mass is 166 g/mol. The lowest BCUT2D eigenvalue weighted by Crippen LogP contribution is -2.15. The molecule has 0 saturated heterocycles. The van der Waals surface area contributed by atoms with Crippen molar-refractivity contribution in [1.29, 1.82) is 0 Å². The van der Waals surface area contributed by atoms with Gasteiger partial charge in [0.15, 0.2) is 6.20 Å². The van der Waals surface area contributed by atoms with Gasteiger partial charge >= 0.3 is 0 Å². The zero-order chi connectivity index (χ0) is 9.14. The lowest BCUT2D eigenvalue weighted by molar-refractivity contribution is -0.417. The van der Waals surface area contributed by atoms with E-state index in [1.807, 2.05) is 0 Å². The third-order valence-electron chi connectivity index (χ3n) is 2.74. The lowest BCUT2D eigenvalue weighted by Gasteiger charge is -2.20. The molecule has 0 saturated carbocycles. The minimum absolute atomic E-state index is 0.742. The zero-order valence-corrected chi connectivity index (χ0v) is 8.62. The second-order valence-electron chi connectivity index (χ2n) is 4.22. The Morgan fingerprint density at radius 1 is 1.42 bits per heavy atom. The fraction of sp³-hybridized carbons (Fsp3) is 0.727. The average Bonchev–Trinajstić information content (AvgIpc) is 2.14. The van der Waals surface area contributed by atoms with E-state index in [-0.39, 0.29) is 0 Å². The van der Waals surface area contributed by atoms with E-state index in [0.717, 1.165) is 17.8 Å². The smallest absolute Gasteiger partial charge is 0.164 e. The summed E-state index contributed by atoms with van der Waals surface area (Å²) in [5, 5.41) is 0. The van der Waals surface area contributed by atoms with Crippen LogP contribution < -0.4 is 0 Å². The van der Waals surface area contributed by atoms with Gasteiger partial charge in [0.1, 0.15) is 13.3 Å². The minimum Gasteiger partial charge on any atom is -0.212 e. The summed E-state index contributed by atoms with van der Waals surface area (Å²) in [6.07, 6.45) is 8.00. The molecule has 2 atom stereocenters. The van der Waals surface area contributed by atoms with Crippen molar-refractivity contribution in [3.63, 3.8) is 0 Å². The highest BCUT2D eigenvalue weighted by Crippen LogP contribution is 2.25. The summed E-state index contributed by atoms with van der Waals surface area (Å²) >= 11 is 0. The van der Waals surface area contributed by atoms with Crippen LogP contribution in [0, 0.1) is 17.8 Å². The quantitative estimate of drug-likeness (QED) is 0.527. The molecule has 0 spiro atoms. The molecule has 1 nitrogen and oxygen atoms in total. The Morgan fingerprint density at radius 2 is 2.08 bits per heavy atom. The summed E-state index contributed by atoms with van der Waals surface area (Å²) in [6.45, 7) is 6.94. The van der Waals surface area contributed by atoms with Gasteiger partial charge in [0, 0.05) is 6.42 Å². The maximum atomic E-state index is 2.35. The summed E-state index contributed by atoms with van der Waals surface area (Å²) in [6, 6.07) is 0. The molecule has 68 valence electrons. The van der Waals surface area contributed by atoms with Crippen LogP contribution in [0.15, 0.2) is 12.3 Å². The number of rotatable bonds is 1. The Bertz CT molecular complexity index is 201. The summed E-state index contributed by atoms with van der Waals surface area (Å²) < 4.78 is 2.17. The van der Waals surface area contributed by atoms with Crippen LogP contribution in [0.4, 0.5) is 0 Å². The van der Waals surface area contributed by atoms with Crippen LogP contribution in [0.25, 0.3) is 0 Å². The normalized spacial score (nSPS) is 30.2. The first-order valence-electron chi connectivity index (χ1n) is 4.85. The molecule has 0 radical (unpaired) electrons. The van der Waals surface area contributed by atoms with Gasteiger partial charge in [-0.05, 0) is 23.8 Å². The average molecular weight is 166 g/mol. The van der Waals surface area contributed by atoms with Crippen LogP contribution in [0.1, 0.15) is 27.2 Å². The number of nitrogens with zero attached hydrogens (tertiary/aromatic N) is 1. The van der Waals surface area contributed by atoms with Crippen molar-refractivity contribution in [3.8, 4) is 0 Å². The third-order valence-corrected chi connectivity index (χ3v) is 2.74.